The Labute approximate surface area is 159 Å². The highest BCUT2D eigenvalue weighted by molar-refractivity contribution is 5.95. The van der Waals surface area contributed by atoms with E-state index in [1.165, 1.54) is 6.92 Å². The van der Waals surface area contributed by atoms with E-state index in [2.05, 4.69) is 10.4 Å². The van der Waals surface area contributed by atoms with Gasteiger partial charge in [-0.15, -0.1) is 0 Å². The molecule has 0 bridgehead atoms. The quantitative estimate of drug-likeness (QED) is 0.842. The summed E-state index contributed by atoms with van der Waals surface area (Å²) in [7, 11) is 3.43. The molecule has 1 aromatic heterocycles. The molecule has 2 heterocycles. The van der Waals surface area contributed by atoms with Gasteiger partial charge in [-0.3, -0.25) is 14.3 Å². The molecule has 0 saturated carbocycles. The maximum Gasteiger partial charge on any atom is 0.257 e. The molecule has 1 aliphatic rings. The molecule has 1 atom stereocenters. The summed E-state index contributed by atoms with van der Waals surface area (Å²) < 4.78 is 7.09. The van der Waals surface area contributed by atoms with E-state index in [0.717, 1.165) is 36.4 Å². The molecule has 1 aliphatic heterocycles. The van der Waals surface area contributed by atoms with Gasteiger partial charge in [0.1, 0.15) is 5.75 Å². The molecule has 0 radical (unpaired) electrons. The third kappa shape index (κ3) is 4.48. The number of rotatable bonds is 6. The third-order valence-electron chi connectivity index (χ3n) is 4.98. The van der Waals surface area contributed by atoms with Crippen molar-refractivity contribution in [2.75, 3.05) is 20.7 Å². The summed E-state index contributed by atoms with van der Waals surface area (Å²) >= 11 is 0. The van der Waals surface area contributed by atoms with Crippen LogP contribution in [0.2, 0.25) is 0 Å². The number of aryl methyl sites for hydroxylation is 1. The molecule has 0 saturated heterocycles. The first-order valence-corrected chi connectivity index (χ1v) is 9.15. The molecule has 1 N–H and O–H groups in total. The minimum absolute atomic E-state index is 0.0235. The number of nitrogens with one attached hydrogen (secondary N) is 1. The summed E-state index contributed by atoms with van der Waals surface area (Å²) in [5, 5.41) is 7.26. The van der Waals surface area contributed by atoms with Crippen LogP contribution in [0, 0.1) is 5.92 Å². The molecule has 0 aliphatic carbocycles. The zero-order chi connectivity index (χ0) is 19.4. The van der Waals surface area contributed by atoms with Crippen LogP contribution >= 0.6 is 0 Å². The Hall–Kier alpha value is -2.83. The Morgan fingerprint density at radius 3 is 2.74 bits per heavy atom. The second-order valence-electron chi connectivity index (χ2n) is 7.03. The molecule has 144 valence electrons. The van der Waals surface area contributed by atoms with Crippen molar-refractivity contribution in [3.63, 3.8) is 0 Å². The van der Waals surface area contributed by atoms with E-state index in [4.69, 9.17) is 4.74 Å². The number of benzene rings is 1. The van der Waals surface area contributed by atoms with Crippen molar-refractivity contribution in [3.8, 4) is 5.75 Å². The Morgan fingerprint density at radius 1 is 1.33 bits per heavy atom. The van der Waals surface area contributed by atoms with Gasteiger partial charge in [-0.05, 0) is 36.5 Å². The van der Waals surface area contributed by atoms with Crippen molar-refractivity contribution in [1.29, 1.82) is 0 Å². The second-order valence-corrected chi connectivity index (χ2v) is 7.03. The number of aromatic nitrogens is 2. The molecule has 1 aromatic carbocycles. The first-order chi connectivity index (χ1) is 13.0. The molecule has 2 aromatic rings. The van der Waals surface area contributed by atoms with E-state index >= 15 is 0 Å². The van der Waals surface area contributed by atoms with E-state index < -0.39 is 0 Å². The third-order valence-corrected chi connectivity index (χ3v) is 4.98. The van der Waals surface area contributed by atoms with Gasteiger partial charge in [-0.25, -0.2) is 0 Å². The van der Waals surface area contributed by atoms with Gasteiger partial charge in [-0.1, -0.05) is 12.1 Å². The monoisotopic (exact) mass is 370 g/mol. The fourth-order valence-corrected chi connectivity index (χ4v) is 3.42. The van der Waals surface area contributed by atoms with Crippen LogP contribution in [0.4, 0.5) is 0 Å². The second kappa shape index (κ2) is 8.24. The first-order valence-electron chi connectivity index (χ1n) is 9.15. The maximum absolute atomic E-state index is 13.0. The standard InChI is InChI=1S/C20H26N4O3/c1-14(25)21-11-16-8-9-24-19(10-16)18(12-22-24)20(26)23(2)13-15-4-6-17(27-3)7-5-15/h4-7,12,16H,8-11,13H2,1-3H3,(H,21,25). The van der Waals surface area contributed by atoms with Crippen LogP contribution in [0.15, 0.2) is 30.5 Å². The normalized spacial score (nSPS) is 15.7. The molecule has 3 rings (SSSR count). The zero-order valence-corrected chi connectivity index (χ0v) is 16.1. The number of fused-ring (bicyclic) bond motifs is 1. The summed E-state index contributed by atoms with van der Waals surface area (Å²) in [6.07, 6.45) is 3.37. The summed E-state index contributed by atoms with van der Waals surface area (Å²) in [4.78, 5) is 25.8. The van der Waals surface area contributed by atoms with Crippen molar-refractivity contribution in [2.45, 2.75) is 32.9 Å². The summed E-state index contributed by atoms with van der Waals surface area (Å²) in [6.45, 7) is 3.45. The van der Waals surface area contributed by atoms with Crippen molar-refractivity contribution in [3.05, 3.63) is 47.3 Å². The predicted molar refractivity (Wildman–Crippen MR) is 102 cm³/mol. The van der Waals surface area contributed by atoms with Crippen molar-refractivity contribution in [1.82, 2.24) is 20.0 Å². The molecule has 7 nitrogen and oxygen atoms in total. The highest BCUT2D eigenvalue weighted by atomic mass is 16.5. The molecule has 0 fully saturated rings. The molecule has 0 spiro atoms. The number of carbonyl (C=O) groups excluding carboxylic acids is 2. The SMILES string of the molecule is COc1ccc(CN(C)C(=O)c2cnn3c2CC(CNC(C)=O)CC3)cc1. The lowest BCUT2D eigenvalue weighted by Crippen LogP contribution is -2.33. The van der Waals surface area contributed by atoms with Gasteiger partial charge < -0.3 is 15.0 Å². The number of ether oxygens (including phenoxy) is 1. The fourth-order valence-electron chi connectivity index (χ4n) is 3.42. The van der Waals surface area contributed by atoms with Crippen LogP contribution in [0.3, 0.4) is 0 Å². The minimum Gasteiger partial charge on any atom is -0.497 e. The van der Waals surface area contributed by atoms with Gasteiger partial charge in [0, 0.05) is 33.6 Å². The minimum atomic E-state index is -0.0350. The lowest BCUT2D eigenvalue weighted by atomic mass is 9.94. The number of amides is 2. The van der Waals surface area contributed by atoms with Gasteiger partial charge in [0.2, 0.25) is 5.91 Å². The summed E-state index contributed by atoms with van der Waals surface area (Å²) in [6, 6.07) is 7.70. The smallest absolute Gasteiger partial charge is 0.257 e. The summed E-state index contributed by atoms with van der Waals surface area (Å²) in [5.41, 5.74) is 2.65. The molecular weight excluding hydrogens is 344 g/mol. The van der Waals surface area contributed by atoms with Crippen LogP contribution in [0.1, 0.15) is 35.0 Å². The number of hydrogen-bond acceptors (Lipinski definition) is 4. The average Bonchev–Trinajstić information content (AvgIpc) is 3.09. The van der Waals surface area contributed by atoms with Crippen LogP contribution in [-0.4, -0.2) is 47.2 Å². The van der Waals surface area contributed by atoms with E-state index in [0.29, 0.717) is 24.6 Å². The summed E-state index contributed by atoms with van der Waals surface area (Å²) in [5.74, 6) is 1.07. The number of carbonyl (C=O) groups is 2. The van der Waals surface area contributed by atoms with Crippen molar-refractivity contribution < 1.29 is 14.3 Å². The fraction of sp³-hybridized carbons (Fsp3) is 0.450. The van der Waals surface area contributed by atoms with Gasteiger partial charge in [-0.2, -0.15) is 5.10 Å². The Kier molecular flexibility index (Phi) is 5.78. The molecular formula is C20H26N4O3. The number of nitrogens with zero attached hydrogens (tertiary/aromatic N) is 3. The molecule has 2 amide bonds. The van der Waals surface area contributed by atoms with Crippen LogP contribution in [0.25, 0.3) is 0 Å². The van der Waals surface area contributed by atoms with E-state index in [9.17, 15) is 9.59 Å². The van der Waals surface area contributed by atoms with Crippen molar-refractivity contribution in [2.24, 2.45) is 5.92 Å². The van der Waals surface area contributed by atoms with Gasteiger partial charge in [0.15, 0.2) is 0 Å². The lowest BCUT2D eigenvalue weighted by molar-refractivity contribution is -0.119. The maximum atomic E-state index is 13.0. The van der Waals surface area contributed by atoms with E-state index in [1.54, 1.807) is 25.3 Å². The van der Waals surface area contributed by atoms with Crippen LogP contribution in [0.5, 0.6) is 5.75 Å². The van der Waals surface area contributed by atoms with E-state index in [1.807, 2.05) is 28.9 Å². The van der Waals surface area contributed by atoms with Crippen LogP contribution < -0.4 is 10.1 Å². The highest BCUT2D eigenvalue weighted by Gasteiger charge is 2.26. The van der Waals surface area contributed by atoms with Gasteiger partial charge in [0.05, 0.1) is 24.6 Å². The largest absolute Gasteiger partial charge is 0.497 e. The van der Waals surface area contributed by atoms with Crippen LogP contribution in [-0.2, 0) is 24.3 Å². The Morgan fingerprint density at radius 2 is 2.07 bits per heavy atom. The lowest BCUT2D eigenvalue weighted by Gasteiger charge is -2.25. The topological polar surface area (TPSA) is 76.5 Å². The molecule has 1 unspecified atom stereocenters. The van der Waals surface area contributed by atoms with Gasteiger partial charge >= 0.3 is 0 Å². The van der Waals surface area contributed by atoms with E-state index in [-0.39, 0.29) is 11.8 Å². The zero-order valence-electron chi connectivity index (χ0n) is 16.1. The average molecular weight is 370 g/mol. The number of methoxy groups -OCH3 is 1. The highest BCUT2D eigenvalue weighted by Crippen LogP contribution is 2.24. The Bertz CT molecular complexity index is 813. The predicted octanol–water partition coefficient (Wildman–Crippen LogP) is 1.86. The molecule has 7 heteroatoms. The van der Waals surface area contributed by atoms with Crippen molar-refractivity contribution >= 4 is 11.8 Å². The van der Waals surface area contributed by atoms with Gasteiger partial charge in [0.25, 0.3) is 5.91 Å². The first kappa shape index (κ1) is 18.9. The molecule has 27 heavy (non-hydrogen) atoms. The Balaban J connectivity index is 1.68. The number of hydrogen-bond donors (Lipinski definition) is 1.